The number of carbonyl (C=O) groups excluding carboxylic acids is 1. The molecule has 4 aromatic rings. The first-order valence-electron chi connectivity index (χ1n) is 10.2. The number of aromatic nitrogens is 4. The van der Waals surface area contributed by atoms with Gasteiger partial charge < -0.3 is 20.7 Å². The van der Waals surface area contributed by atoms with Crippen molar-refractivity contribution in [2.24, 2.45) is 0 Å². The summed E-state index contributed by atoms with van der Waals surface area (Å²) >= 11 is 0. The van der Waals surface area contributed by atoms with Crippen LogP contribution in [0.5, 0.6) is 5.75 Å². The van der Waals surface area contributed by atoms with Crippen molar-refractivity contribution in [1.29, 1.82) is 0 Å². The number of ether oxygens (including phenoxy) is 1. The van der Waals surface area contributed by atoms with Gasteiger partial charge in [0.05, 0.1) is 12.6 Å². The van der Waals surface area contributed by atoms with Crippen LogP contribution in [-0.2, 0) is 4.79 Å². The highest BCUT2D eigenvalue weighted by Gasteiger charge is 2.23. The molecule has 9 nitrogen and oxygen atoms in total. The molecule has 1 aliphatic rings. The van der Waals surface area contributed by atoms with Crippen LogP contribution in [0.1, 0.15) is 5.56 Å². The van der Waals surface area contributed by atoms with Gasteiger partial charge in [-0.05, 0) is 42.8 Å². The smallest absolute Gasteiger partial charge is 0.243 e. The van der Waals surface area contributed by atoms with Gasteiger partial charge in [-0.3, -0.25) is 4.79 Å². The van der Waals surface area contributed by atoms with E-state index in [0.29, 0.717) is 30.5 Å². The maximum atomic E-state index is 12.5. The largest absolute Gasteiger partial charge is 0.497 e. The van der Waals surface area contributed by atoms with E-state index in [1.54, 1.807) is 11.6 Å². The Morgan fingerprint density at radius 3 is 2.87 bits per heavy atom. The predicted octanol–water partition coefficient (Wildman–Crippen LogP) is 1.76. The minimum Gasteiger partial charge on any atom is -0.497 e. The number of anilines is 1. The monoisotopic (exact) mass is 417 g/mol. The van der Waals surface area contributed by atoms with Crippen molar-refractivity contribution in [3.8, 4) is 17.1 Å². The summed E-state index contributed by atoms with van der Waals surface area (Å²) in [5, 5.41) is 15.1. The van der Waals surface area contributed by atoms with Gasteiger partial charge in [0.2, 0.25) is 11.9 Å². The molecule has 0 saturated carbocycles. The van der Waals surface area contributed by atoms with Crippen LogP contribution in [0.15, 0.2) is 42.5 Å². The number of fused-ring (bicyclic) bond motifs is 3. The average molecular weight is 417 g/mol. The fourth-order valence-corrected chi connectivity index (χ4v) is 3.79. The minimum atomic E-state index is -0.463. The van der Waals surface area contributed by atoms with E-state index in [2.05, 4.69) is 16.0 Å². The summed E-state index contributed by atoms with van der Waals surface area (Å²) in [7, 11) is 1.64. The van der Waals surface area contributed by atoms with E-state index < -0.39 is 6.04 Å². The van der Waals surface area contributed by atoms with E-state index in [1.165, 1.54) is 0 Å². The molecule has 9 heteroatoms. The number of rotatable bonds is 4. The summed E-state index contributed by atoms with van der Waals surface area (Å²) in [4.78, 5) is 22.0. The Labute approximate surface area is 178 Å². The molecular formula is C22H23N7O2. The van der Waals surface area contributed by atoms with Crippen LogP contribution in [-0.4, -0.2) is 58.3 Å². The third-order valence-electron chi connectivity index (χ3n) is 5.42. The summed E-state index contributed by atoms with van der Waals surface area (Å²) in [6.07, 6.45) is 0. The van der Waals surface area contributed by atoms with Gasteiger partial charge >= 0.3 is 0 Å². The third kappa shape index (κ3) is 3.53. The molecule has 3 heterocycles. The summed E-state index contributed by atoms with van der Waals surface area (Å²) < 4.78 is 7.00. The lowest BCUT2D eigenvalue weighted by atomic mass is 10.1. The number of para-hydroxylation sites is 1. The first-order valence-corrected chi connectivity index (χ1v) is 10.2. The maximum Gasteiger partial charge on any atom is 0.243 e. The Morgan fingerprint density at radius 2 is 2.03 bits per heavy atom. The van der Waals surface area contributed by atoms with Gasteiger partial charge in [-0.1, -0.05) is 12.1 Å². The van der Waals surface area contributed by atoms with E-state index >= 15 is 0 Å². The van der Waals surface area contributed by atoms with Crippen molar-refractivity contribution in [3.63, 3.8) is 0 Å². The highest BCUT2D eigenvalue weighted by Crippen LogP contribution is 2.28. The van der Waals surface area contributed by atoms with Gasteiger partial charge in [0, 0.05) is 30.6 Å². The SMILES string of the molecule is COc1ccc(-c2nc3c4ccccc4nc(N[C@@H]4CNCCNC4=O)n3n2)c(C)c1. The van der Waals surface area contributed by atoms with Gasteiger partial charge in [-0.25, -0.2) is 9.97 Å². The van der Waals surface area contributed by atoms with Gasteiger partial charge in [0.25, 0.3) is 0 Å². The number of benzene rings is 2. The number of carbonyl (C=O) groups is 1. The third-order valence-corrected chi connectivity index (χ3v) is 5.42. The van der Waals surface area contributed by atoms with Gasteiger partial charge in [0.15, 0.2) is 11.5 Å². The van der Waals surface area contributed by atoms with Crippen LogP contribution in [0.2, 0.25) is 0 Å². The van der Waals surface area contributed by atoms with Gasteiger partial charge in [-0.2, -0.15) is 4.52 Å². The minimum absolute atomic E-state index is 0.0700. The summed E-state index contributed by atoms with van der Waals surface area (Å²) in [5.41, 5.74) is 3.38. The number of aryl methyl sites for hydroxylation is 1. The van der Waals surface area contributed by atoms with Crippen LogP contribution in [0.25, 0.3) is 27.9 Å². The molecule has 3 N–H and O–H groups in total. The normalized spacial score (nSPS) is 16.8. The molecule has 31 heavy (non-hydrogen) atoms. The maximum absolute atomic E-state index is 12.5. The van der Waals surface area contributed by atoms with Crippen LogP contribution < -0.4 is 20.7 Å². The number of methoxy groups -OCH3 is 1. The van der Waals surface area contributed by atoms with Crippen LogP contribution >= 0.6 is 0 Å². The lowest BCUT2D eigenvalue weighted by Gasteiger charge is -2.16. The molecule has 5 rings (SSSR count). The molecule has 2 aromatic heterocycles. The van der Waals surface area contributed by atoms with Crippen LogP contribution in [0.4, 0.5) is 5.95 Å². The highest BCUT2D eigenvalue weighted by molar-refractivity contribution is 5.93. The molecule has 0 radical (unpaired) electrons. The van der Waals surface area contributed by atoms with Crippen LogP contribution in [0, 0.1) is 6.92 Å². The Morgan fingerprint density at radius 1 is 1.16 bits per heavy atom. The molecule has 1 aliphatic heterocycles. The van der Waals surface area contributed by atoms with E-state index in [1.807, 2.05) is 49.4 Å². The van der Waals surface area contributed by atoms with Gasteiger partial charge in [-0.15, -0.1) is 5.10 Å². The molecule has 0 bridgehead atoms. The Hall–Kier alpha value is -3.72. The van der Waals surface area contributed by atoms with Crippen molar-refractivity contribution >= 4 is 28.4 Å². The first kappa shape index (κ1) is 19.3. The van der Waals surface area contributed by atoms with Crippen molar-refractivity contribution < 1.29 is 9.53 Å². The van der Waals surface area contributed by atoms with Crippen LogP contribution in [0.3, 0.4) is 0 Å². The van der Waals surface area contributed by atoms with Crippen molar-refractivity contribution in [3.05, 3.63) is 48.0 Å². The zero-order valence-electron chi connectivity index (χ0n) is 17.3. The van der Waals surface area contributed by atoms with E-state index in [4.69, 9.17) is 19.8 Å². The second kappa shape index (κ2) is 7.84. The highest BCUT2D eigenvalue weighted by atomic mass is 16.5. The zero-order valence-corrected chi connectivity index (χ0v) is 17.3. The predicted molar refractivity (Wildman–Crippen MR) is 118 cm³/mol. The Kier molecular flexibility index (Phi) is 4.87. The molecule has 1 atom stereocenters. The van der Waals surface area contributed by atoms with Gasteiger partial charge in [0.1, 0.15) is 11.8 Å². The fraction of sp³-hybridized carbons (Fsp3) is 0.273. The standard InChI is InChI=1S/C22H23N7O2/c1-13-11-14(31-2)7-8-15(13)19-27-20-16-5-3-4-6-17(16)25-22(29(20)28-19)26-18-12-23-9-10-24-21(18)30/h3-8,11,18,23H,9-10,12H2,1-2H3,(H,24,30)(H,25,26)/t18-/m1/s1. The summed E-state index contributed by atoms with van der Waals surface area (Å²) in [6, 6.07) is 13.1. The topological polar surface area (TPSA) is 105 Å². The second-order valence-electron chi connectivity index (χ2n) is 7.50. The molecule has 0 spiro atoms. The number of hydrogen-bond donors (Lipinski definition) is 3. The Bertz CT molecular complexity index is 1280. The summed E-state index contributed by atoms with van der Waals surface area (Å²) in [6.45, 7) is 3.83. The molecule has 158 valence electrons. The number of hydrogen-bond acceptors (Lipinski definition) is 7. The Balaban J connectivity index is 1.65. The first-order chi connectivity index (χ1) is 15.1. The molecule has 0 aliphatic carbocycles. The molecule has 2 aromatic carbocycles. The molecular weight excluding hydrogens is 394 g/mol. The molecule has 1 saturated heterocycles. The van der Waals surface area contributed by atoms with E-state index in [-0.39, 0.29) is 5.91 Å². The molecule has 1 amide bonds. The quantitative estimate of drug-likeness (QED) is 0.465. The zero-order chi connectivity index (χ0) is 21.4. The second-order valence-corrected chi connectivity index (χ2v) is 7.50. The number of nitrogens with zero attached hydrogens (tertiary/aromatic N) is 4. The lowest BCUT2D eigenvalue weighted by Crippen LogP contribution is -2.42. The van der Waals surface area contributed by atoms with E-state index in [0.717, 1.165) is 34.3 Å². The lowest BCUT2D eigenvalue weighted by molar-refractivity contribution is -0.121. The number of amides is 1. The van der Waals surface area contributed by atoms with Crippen molar-refractivity contribution in [2.75, 3.05) is 32.1 Å². The van der Waals surface area contributed by atoms with Crippen molar-refractivity contribution in [1.82, 2.24) is 30.2 Å². The summed E-state index contributed by atoms with van der Waals surface area (Å²) in [5.74, 6) is 1.78. The number of nitrogens with one attached hydrogen (secondary N) is 3. The average Bonchev–Trinajstić information content (AvgIpc) is 3.13. The molecule has 1 fully saturated rings. The van der Waals surface area contributed by atoms with E-state index in [9.17, 15) is 4.79 Å². The molecule has 0 unspecified atom stereocenters. The fourth-order valence-electron chi connectivity index (χ4n) is 3.79. The van der Waals surface area contributed by atoms with Crippen molar-refractivity contribution in [2.45, 2.75) is 13.0 Å².